The van der Waals surface area contributed by atoms with E-state index in [0.29, 0.717) is 18.7 Å². The van der Waals surface area contributed by atoms with Crippen LogP contribution in [-0.2, 0) is 4.79 Å². The van der Waals surface area contributed by atoms with E-state index >= 15 is 0 Å². The molecule has 2 fully saturated rings. The Morgan fingerprint density at radius 3 is 2.54 bits per heavy atom. The Balaban J connectivity index is 1.52. The second kappa shape index (κ2) is 6.24. The topological polar surface area (TPSA) is 70.5 Å². The molecule has 1 saturated carbocycles. The third kappa shape index (κ3) is 2.77. The fraction of sp³-hybridized carbons (Fsp3) is 0.381. The number of piperidine rings is 1. The highest BCUT2D eigenvalue weighted by molar-refractivity contribution is 5.97. The molecule has 1 atom stereocenters. The summed E-state index contributed by atoms with van der Waals surface area (Å²) < 4.78 is 0. The van der Waals surface area contributed by atoms with Gasteiger partial charge in [-0.3, -0.25) is 14.6 Å². The quantitative estimate of drug-likeness (QED) is 0.921. The number of nitrogens with zero attached hydrogens (tertiary/aromatic N) is 2. The maximum atomic E-state index is 13.0. The first kappa shape index (κ1) is 16.8. The molecule has 1 aliphatic heterocycles. The molecule has 2 aliphatic rings. The van der Waals surface area contributed by atoms with Gasteiger partial charge in [-0.2, -0.15) is 0 Å². The van der Waals surface area contributed by atoms with E-state index in [2.05, 4.69) is 4.98 Å². The van der Waals surface area contributed by atoms with Crippen LogP contribution in [0, 0.1) is 18.3 Å². The Morgan fingerprint density at radius 1 is 1.15 bits per heavy atom. The van der Waals surface area contributed by atoms with Gasteiger partial charge in [-0.15, -0.1) is 0 Å². The molecule has 2 aromatic rings. The number of carboxylic acid groups (broad SMARTS) is 1. The van der Waals surface area contributed by atoms with Crippen LogP contribution < -0.4 is 0 Å². The molecule has 0 bridgehead atoms. The van der Waals surface area contributed by atoms with Crippen molar-refractivity contribution in [2.45, 2.75) is 26.2 Å². The van der Waals surface area contributed by atoms with Gasteiger partial charge < -0.3 is 10.0 Å². The first-order valence-electron chi connectivity index (χ1n) is 9.05. The Morgan fingerprint density at radius 2 is 1.92 bits per heavy atom. The third-order valence-corrected chi connectivity index (χ3v) is 6.04. The monoisotopic (exact) mass is 350 g/mol. The van der Waals surface area contributed by atoms with E-state index in [0.717, 1.165) is 36.1 Å². The van der Waals surface area contributed by atoms with Gasteiger partial charge in [0.1, 0.15) is 0 Å². The van der Waals surface area contributed by atoms with Crippen LogP contribution >= 0.6 is 0 Å². The number of carbonyl (C=O) groups excluding carboxylic acids is 1. The zero-order chi connectivity index (χ0) is 18.3. The molecule has 1 N–H and O–H groups in total. The van der Waals surface area contributed by atoms with Crippen LogP contribution in [-0.4, -0.2) is 40.0 Å². The van der Waals surface area contributed by atoms with Gasteiger partial charge in [-0.05, 0) is 55.4 Å². The molecule has 1 saturated heterocycles. The maximum absolute atomic E-state index is 13.0. The number of hydrogen-bond donors (Lipinski definition) is 1. The van der Waals surface area contributed by atoms with Crippen molar-refractivity contribution in [2.75, 3.05) is 13.1 Å². The fourth-order valence-electron chi connectivity index (χ4n) is 4.24. The number of aliphatic carboxylic acids is 1. The first-order chi connectivity index (χ1) is 12.5. The summed E-state index contributed by atoms with van der Waals surface area (Å²) in [6, 6.07) is 11.5. The van der Waals surface area contributed by atoms with E-state index in [1.807, 2.05) is 48.2 Å². The van der Waals surface area contributed by atoms with Crippen molar-refractivity contribution in [1.29, 1.82) is 0 Å². The fourth-order valence-corrected chi connectivity index (χ4v) is 4.24. The normalized spacial score (nSPS) is 20.8. The minimum atomic E-state index is -0.691. The number of carboxylic acids is 1. The lowest BCUT2D eigenvalue weighted by Crippen LogP contribution is -2.40. The lowest BCUT2D eigenvalue weighted by Gasteiger charge is -2.33. The summed E-state index contributed by atoms with van der Waals surface area (Å²) >= 11 is 0. The van der Waals surface area contributed by atoms with Crippen molar-refractivity contribution in [2.24, 2.45) is 11.3 Å². The van der Waals surface area contributed by atoms with Crippen LogP contribution in [0.1, 0.15) is 35.2 Å². The number of likely N-dealkylation sites (tertiary alicyclic amines) is 1. The average molecular weight is 350 g/mol. The number of carbonyl (C=O) groups is 2. The number of aromatic nitrogens is 1. The number of benzene rings is 1. The summed E-state index contributed by atoms with van der Waals surface area (Å²) in [6.07, 6.45) is 4.09. The summed E-state index contributed by atoms with van der Waals surface area (Å²) in [5.74, 6) is -0.875. The zero-order valence-corrected chi connectivity index (χ0v) is 14.8. The summed E-state index contributed by atoms with van der Waals surface area (Å²) in [5.41, 5.74) is 3.41. The molecule has 1 spiro atoms. The number of amides is 1. The van der Waals surface area contributed by atoms with Gasteiger partial charge in [-0.1, -0.05) is 18.2 Å². The molecule has 1 aromatic heterocycles. The molecule has 0 radical (unpaired) electrons. The van der Waals surface area contributed by atoms with Crippen molar-refractivity contribution in [3.8, 4) is 11.3 Å². The number of pyridine rings is 1. The second-order valence-corrected chi connectivity index (χ2v) is 7.44. The predicted molar refractivity (Wildman–Crippen MR) is 97.7 cm³/mol. The minimum absolute atomic E-state index is 0.0302. The van der Waals surface area contributed by atoms with E-state index in [1.165, 1.54) is 0 Å². The van der Waals surface area contributed by atoms with Crippen LogP contribution in [0.15, 0.2) is 42.6 Å². The van der Waals surface area contributed by atoms with Crippen LogP contribution in [0.2, 0.25) is 0 Å². The molecule has 1 aromatic carbocycles. The lowest BCUT2D eigenvalue weighted by atomic mass is 9.90. The van der Waals surface area contributed by atoms with Crippen molar-refractivity contribution in [1.82, 2.24) is 9.88 Å². The van der Waals surface area contributed by atoms with Gasteiger partial charge in [0.15, 0.2) is 0 Å². The summed E-state index contributed by atoms with van der Waals surface area (Å²) in [5, 5.41) is 9.21. The van der Waals surface area contributed by atoms with E-state index in [-0.39, 0.29) is 17.2 Å². The predicted octanol–water partition coefficient (Wildman–Crippen LogP) is 3.38. The molecule has 5 heteroatoms. The van der Waals surface area contributed by atoms with Gasteiger partial charge in [0.2, 0.25) is 0 Å². The maximum Gasteiger partial charge on any atom is 0.307 e. The van der Waals surface area contributed by atoms with E-state index in [9.17, 15) is 14.7 Å². The standard InChI is InChI=1S/C21H22N2O3/c1-14-15(18-7-2-3-10-22-18)5-4-6-16(14)19(24)23-11-8-21(9-12-23)13-17(21)20(25)26/h2-7,10,17H,8-9,11-13H2,1H3,(H,25,26). The Kier molecular flexibility index (Phi) is 4.02. The van der Waals surface area contributed by atoms with Crippen molar-refractivity contribution in [3.05, 3.63) is 53.7 Å². The molecule has 134 valence electrons. The smallest absolute Gasteiger partial charge is 0.307 e. The van der Waals surface area contributed by atoms with Crippen LogP contribution in [0.25, 0.3) is 11.3 Å². The summed E-state index contributed by atoms with van der Waals surface area (Å²) in [7, 11) is 0. The molecule has 5 nitrogen and oxygen atoms in total. The van der Waals surface area contributed by atoms with Gasteiger partial charge in [0.25, 0.3) is 5.91 Å². The lowest BCUT2D eigenvalue weighted by molar-refractivity contribution is -0.139. The highest BCUT2D eigenvalue weighted by Gasteiger charge is 2.59. The van der Waals surface area contributed by atoms with Gasteiger partial charge >= 0.3 is 5.97 Å². The molecular weight excluding hydrogens is 328 g/mol. The van der Waals surface area contributed by atoms with E-state index < -0.39 is 5.97 Å². The van der Waals surface area contributed by atoms with Gasteiger partial charge in [-0.25, -0.2) is 0 Å². The molecule has 4 rings (SSSR count). The Hall–Kier alpha value is -2.69. The zero-order valence-electron chi connectivity index (χ0n) is 14.8. The number of rotatable bonds is 3. The molecule has 1 amide bonds. The molecule has 2 heterocycles. The van der Waals surface area contributed by atoms with Gasteiger partial charge in [0.05, 0.1) is 11.6 Å². The third-order valence-electron chi connectivity index (χ3n) is 6.04. The van der Waals surface area contributed by atoms with E-state index in [4.69, 9.17) is 0 Å². The largest absolute Gasteiger partial charge is 0.481 e. The van der Waals surface area contributed by atoms with E-state index in [1.54, 1.807) is 6.20 Å². The highest BCUT2D eigenvalue weighted by Crippen LogP contribution is 2.59. The molecule has 26 heavy (non-hydrogen) atoms. The van der Waals surface area contributed by atoms with Crippen LogP contribution in [0.4, 0.5) is 0 Å². The SMILES string of the molecule is Cc1c(C(=O)N2CCC3(CC2)CC3C(=O)O)cccc1-c1ccccn1. The average Bonchev–Trinajstić information content (AvgIpc) is 3.36. The first-order valence-corrected chi connectivity index (χ1v) is 9.05. The molecule has 1 unspecified atom stereocenters. The second-order valence-electron chi connectivity index (χ2n) is 7.44. The van der Waals surface area contributed by atoms with Crippen molar-refractivity contribution < 1.29 is 14.7 Å². The number of hydrogen-bond acceptors (Lipinski definition) is 3. The molecule has 1 aliphatic carbocycles. The van der Waals surface area contributed by atoms with Gasteiger partial charge in [0, 0.05) is 30.4 Å². The van der Waals surface area contributed by atoms with Crippen molar-refractivity contribution >= 4 is 11.9 Å². The Labute approximate surface area is 152 Å². The van der Waals surface area contributed by atoms with Crippen LogP contribution in [0.5, 0.6) is 0 Å². The molecular formula is C21H22N2O3. The van der Waals surface area contributed by atoms with Crippen molar-refractivity contribution in [3.63, 3.8) is 0 Å². The summed E-state index contributed by atoms with van der Waals surface area (Å²) in [6.45, 7) is 3.23. The minimum Gasteiger partial charge on any atom is -0.481 e. The summed E-state index contributed by atoms with van der Waals surface area (Å²) in [4.78, 5) is 30.5. The Bertz CT molecular complexity index is 855. The van der Waals surface area contributed by atoms with Crippen LogP contribution in [0.3, 0.4) is 0 Å². The highest BCUT2D eigenvalue weighted by atomic mass is 16.4.